The van der Waals surface area contributed by atoms with Crippen molar-refractivity contribution < 1.29 is 14.1 Å². The van der Waals surface area contributed by atoms with Gasteiger partial charge in [0.15, 0.2) is 4.60 Å². The Morgan fingerprint density at radius 1 is 1.43 bits per heavy atom. The first-order valence-corrected chi connectivity index (χ1v) is 9.49. The van der Waals surface area contributed by atoms with E-state index in [0.717, 1.165) is 0 Å². The van der Waals surface area contributed by atoms with Gasteiger partial charge in [0.2, 0.25) is 5.76 Å². The fourth-order valence-electron chi connectivity index (χ4n) is 3.45. The van der Waals surface area contributed by atoms with Crippen molar-refractivity contribution in [3.05, 3.63) is 40.1 Å². The quantitative estimate of drug-likeness (QED) is 0.619. The zero-order valence-electron chi connectivity index (χ0n) is 15.2. The number of carbonyl (C=O) groups excluding carboxylic acids is 2. The molecule has 0 unspecified atom stereocenters. The van der Waals surface area contributed by atoms with Gasteiger partial charge in [-0.1, -0.05) is 5.16 Å². The van der Waals surface area contributed by atoms with Crippen LogP contribution in [0.4, 0.5) is 5.82 Å². The van der Waals surface area contributed by atoms with Crippen molar-refractivity contribution in [3.63, 3.8) is 0 Å². The number of nitrogens with two attached hydrogens (primary N) is 1. The van der Waals surface area contributed by atoms with Crippen LogP contribution in [-0.2, 0) is 0 Å². The second-order valence-corrected chi connectivity index (χ2v) is 7.45. The molecule has 10 nitrogen and oxygen atoms in total. The van der Waals surface area contributed by atoms with E-state index >= 15 is 0 Å². The number of rotatable bonds is 3. The van der Waals surface area contributed by atoms with Gasteiger partial charge < -0.3 is 20.5 Å². The van der Waals surface area contributed by atoms with Gasteiger partial charge in [-0.25, -0.2) is 9.50 Å². The highest BCUT2D eigenvalue weighted by molar-refractivity contribution is 9.10. The molecule has 3 N–H and O–H groups in total. The van der Waals surface area contributed by atoms with Crippen molar-refractivity contribution in [1.82, 2.24) is 30.0 Å². The van der Waals surface area contributed by atoms with Crippen molar-refractivity contribution in [3.8, 4) is 0 Å². The zero-order valence-corrected chi connectivity index (χ0v) is 16.8. The van der Waals surface area contributed by atoms with E-state index in [-0.39, 0.29) is 35.5 Å². The van der Waals surface area contributed by atoms with Gasteiger partial charge in [-0.2, -0.15) is 5.10 Å². The largest absolute Gasteiger partial charge is 0.382 e. The predicted octanol–water partition coefficient (Wildman–Crippen LogP) is 1.40. The van der Waals surface area contributed by atoms with Crippen LogP contribution in [0.25, 0.3) is 5.52 Å². The number of amides is 2. The topological polar surface area (TPSA) is 132 Å². The Hall–Kier alpha value is -2.95. The summed E-state index contributed by atoms with van der Waals surface area (Å²) >= 11 is 3.24. The number of carbonyl (C=O) groups is 2. The number of nitrogen functional groups attached to an aromatic ring is 1. The molecule has 11 heteroatoms. The SMILES string of the molecule is Cc1c(Br)noc1C(=O)N1CC[C@@H](NC(=O)c2cnn3ccnc(N)c23)[C@H]1C. The van der Waals surface area contributed by atoms with Crippen LogP contribution >= 0.6 is 15.9 Å². The summed E-state index contributed by atoms with van der Waals surface area (Å²) in [5.41, 5.74) is 7.35. The Morgan fingerprint density at radius 2 is 2.21 bits per heavy atom. The third-order valence-corrected chi connectivity index (χ3v) is 5.84. The monoisotopic (exact) mass is 447 g/mol. The van der Waals surface area contributed by atoms with Gasteiger partial charge in [0.1, 0.15) is 11.3 Å². The third-order valence-electron chi connectivity index (χ3n) is 5.10. The van der Waals surface area contributed by atoms with E-state index in [9.17, 15) is 9.59 Å². The summed E-state index contributed by atoms with van der Waals surface area (Å²) in [7, 11) is 0. The number of fused-ring (bicyclic) bond motifs is 1. The van der Waals surface area contributed by atoms with Crippen LogP contribution < -0.4 is 11.1 Å². The highest BCUT2D eigenvalue weighted by Gasteiger charge is 2.37. The molecule has 1 fully saturated rings. The minimum Gasteiger partial charge on any atom is -0.382 e. The maximum absolute atomic E-state index is 12.8. The summed E-state index contributed by atoms with van der Waals surface area (Å²) in [6.07, 6.45) is 5.23. The normalized spacial score (nSPS) is 19.3. The van der Waals surface area contributed by atoms with Crippen molar-refractivity contribution >= 4 is 39.1 Å². The third kappa shape index (κ3) is 2.91. The van der Waals surface area contributed by atoms with E-state index in [0.29, 0.717) is 34.2 Å². The first-order chi connectivity index (χ1) is 13.4. The maximum atomic E-state index is 12.8. The van der Waals surface area contributed by atoms with E-state index in [2.05, 4.69) is 36.5 Å². The molecule has 0 spiro atoms. The van der Waals surface area contributed by atoms with Gasteiger partial charge in [0, 0.05) is 30.5 Å². The summed E-state index contributed by atoms with van der Waals surface area (Å²) in [4.78, 5) is 31.3. The summed E-state index contributed by atoms with van der Waals surface area (Å²) in [5, 5.41) is 10.9. The molecule has 1 aliphatic rings. The summed E-state index contributed by atoms with van der Waals surface area (Å²) in [6.45, 7) is 4.15. The molecule has 4 heterocycles. The highest BCUT2D eigenvalue weighted by atomic mass is 79.9. The first-order valence-electron chi connectivity index (χ1n) is 8.70. The van der Waals surface area contributed by atoms with Gasteiger partial charge in [0.25, 0.3) is 11.8 Å². The smallest absolute Gasteiger partial charge is 0.293 e. The van der Waals surface area contributed by atoms with Gasteiger partial charge in [0.05, 0.1) is 17.8 Å². The molecule has 1 aliphatic heterocycles. The number of aromatic nitrogens is 4. The van der Waals surface area contributed by atoms with E-state index < -0.39 is 0 Å². The Kier molecular flexibility index (Phi) is 4.53. The van der Waals surface area contributed by atoms with Crippen LogP contribution in [0.1, 0.15) is 39.8 Å². The van der Waals surface area contributed by atoms with E-state index in [1.165, 1.54) is 16.9 Å². The minimum atomic E-state index is -0.306. The average Bonchev–Trinajstić information content (AvgIpc) is 3.35. The van der Waals surface area contributed by atoms with Gasteiger partial charge in [-0.15, -0.1) is 0 Å². The van der Waals surface area contributed by atoms with Crippen LogP contribution in [-0.4, -0.2) is 55.1 Å². The number of nitrogens with zero attached hydrogens (tertiary/aromatic N) is 5. The maximum Gasteiger partial charge on any atom is 0.293 e. The number of likely N-dealkylation sites (tertiary alicyclic amines) is 1. The summed E-state index contributed by atoms with van der Waals surface area (Å²) in [6, 6.07) is -0.423. The molecule has 0 aromatic carbocycles. The molecule has 0 radical (unpaired) electrons. The second-order valence-electron chi connectivity index (χ2n) is 6.70. The van der Waals surface area contributed by atoms with E-state index in [1.807, 2.05) is 6.92 Å². The fraction of sp³-hybridized carbons (Fsp3) is 0.353. The molecule has 0 saturated carbocycles. The lowest BCUT2D eigenvalue weighted by Gasteiger charge is -2.24. The Morgan fingerprint density at radius 3 is 2.93 bits per heavy atom. The molecular formula is C17H18BrN7O3. The van der Waals surface area contributed by atoms with Crippen LogP contribution in [0.2, 0.25) is 0 Å². The fourth-order valence-corrected chi connectivity index (χ4v) is 3.70. The first kappa shape index (κ1) is 18.4. The number of halogens is 1. The molecule has 0 bridgehead atoms. The Balaban J connectivity index is 1.51. The highest BCUT2D eigenvalue weighted by Crippen LogP contribution is 2.25. The molecule has 2 amide bonds. The number of anilines is 1. The lowest BCUT2D eigenvalue weighted by atomic mass is 10.1. The van der Waals surface area contributed by atoms with Crippen LogP contribution in [0.5, 0.6) is 0 Å². The summed E-state index contributed by atoms with van der Waals surface area (Å²) in [5.74, 6) is -0.121. The molecule has 28 heavy (non-hydrogen) atoms. The molecule has 0 aliphatic carbocycles. The van der Waals surface area contributed by atoms with Crippen molar-refractivity contribution in [1.29, 1.82) is 0 Å². The lowest BCUT2D eigenvalue weighted by Crippen LogP contribution is -2.45. The van der Waals surface area contributed by atoms with Crippen LogP contribution in [0.15, 0.2) is 27.7 Å². The van der Waals surface area contributed by atoms with E-state index in [1.54, 1.807) is 18.0 Å². The van der Waals surface area contributed by atoms with Crippen LogP contribution in [0, 0.1) is 6.92 Å². The molecule has 4 rings (SSSR count). The number of nitrogens with one attached hydrogen (secondary N) is 1. The standard InChI is InChI=1S/C17H18BrN7O3/c1-8-13(28-23-14(8)18)17(27)24-5-3-11(9(24)2)22-16(26)10-7-21-25-6-4-20-15(19)12(10)25/h4,6-7,9,11H,3,5H2,1-2H3,(H2,19,20)(H,22,26)/t9-,11-/m1/s1. The molecule has 146 valence electrons. The van der Waals surface area contributed by atoms with Crippen molar-refractivity contribution in [2.75, 3.05) is 12.3 Å². The predicted molar refractivity (Wildman–Crippen MR) is 103 cm³/mol. The van der Waals surface area contributed by atoms with Crippen LogP contribution in [0.3, 0.4) is 0 Å². The van der Waals surface area contributed by atoms with Gasteiger partial charge in [-0.3, -0.25) is 9.59 Å². The second kappa shape index (κ2) is 6.89. The molecule has 1 saturated heterocycles. The van der Waals surface area contributed by atoms with E-state index in [4.69, 9.17) is 10.3 Å². The average molecular weight is 448 g/mol. The minimum absolute atomic E-state index is 0.201. The van der Waals surface area contributed by atoms with Crippen molar-refractivity contribution in [2.45, 2.75) is 32.4 Å². The molecule has 3 aromatic rings. The Bertz CT molecular complexity index is 1080. The zero-order chi connectivity index (χ0) is 20.0. The molecule has 3 aromatic heterocycles. The summed E-state index contributed by atoms with van der Waals surface area (Å²) < 4.78 is 7.16. The molecular weight excluding hydrogens is 430 g/mol. The number of hydrogen-bond acceptors (Lipinski definition) is 7. The Labute approximate surface area is 168 Å². The van der Waals surface area contributed by atoms with Gasteiger partial charge in [-0.05, 0) is 36.2 Å². The molecule has 2 atom stereocenters. The number of hydrogen-bond donors (Lipinski definition) is 2. The lowest BCUT2D eigenvalue weighted by molar-refractivity contribution is 0.0688. The van der Waals surface area contributed by atoms with Gasteiger partial charge >= 0.3 is 0 Å². The van der Waals surface area contributed by atoms with Crippen molar-refractivity contribution in [2.24, 2.45) is 0 Å².